The molecule has 3 nitrogen and oxygen atoms in total. The summed E-state index contributed by atoms with van der Waals surface area (Å²) in [4.78, 5) is 12.2. The maximum atomic E-state index is 14.1. The molecule has 2 aromatic carbocycles. The van der Waals surface area contributed by atoms with Crippen molar-refractivity contribution in [2.45, 2.75) is 99.0 Å². The molecule has 1 radical (unpaired) electrons. The van der Waals surface area contributed by atoms with Gasteiger partial charge in [-0.25, -0.2) is 4.79 Å². The summed E-state index contributed by atoms with van der Waals surface area (Å²) < 4.78 is 83.9. The fourth-order valence-electron chi connectivity index (χ4n) is 5.88. The van der Waals surface area contributed by atoms with Crippen LogP contribution in [0.3, 0.4) is 0 Å². The Balaban J connectivity index is 2.85. The zero-order valence-corrected chi connectivity index (χ0v) is 25.1. The van der Waals surface area contributed by atoms with Gasteiger partial charge in [-0.3, -0.25) is 0 Å². The lowest BCUT2D eigenvalue weighted by molar-refractivity contribution is -0.138. The lowest BCUT2D eigenvalue weighted by Crippen LogP contribution is -2.58. The second kappa shape index (κ2) is 12.7. The summed E-state index contributed by atoms with van der Waals surface area (Å²) in [7, 11) is 0. The highest BCUT2D eigenvalue weighted by atomic mass is 19.4. The van der Waals surface area contributed by atoms with Gasteiger partial charge in [0, 0.05) is 5.92 Å². The molecule has 2 unspecified atom stereocenters. The summed E-state index contributed by atoms with van der Waals surface area (Å²) in [6.07, 6.45) is -9.24. The van der Waals surface area contributed by atoms with Crippen molar-refractivity contribution in [3.63, 3.8) is 0 Å². The summed E-state index contributed by atoms with van der Waals surface area (Å²) in [5, 5.41) is 12.5. The predicted octanol–water partition coefficient (Wildman–Crippen LogP) is 9.86. The van der Waals surface area contributed by atoms with Gasteiger partial charge in [0.05, 0.1) is 16.7 Å². The summed E-state index contributed by atoms with van der Waals surface area (Å²) >= 11 is 0. The number of halogens is 6. The van der Waals surface area contributed by atoms with E-state index in [1.807, 2.05) is 27.7 Å². The van der Waals surface area contributed by atoms with Crippen LogP contribution in [0.2, 0.25) is 0 Å². The van der Waals surface area contributed by atoms with Crippen LogP contribution in [0.5, 0.6) is 0 Å². The highest BCUT2D eigenvalue weighted by Gasteiger charge is 2.51. The van der Waals surface area contributed by atoms with E-state index in [4.69, 9.17) is 0 Å². The van der Waals surface area contributed by atoms with Crippen molar-refractivity contribution in [2.75, 3.05) is 0 Å². The van der Waals surface area contributed by atoms with Gasteiger partial charge in [0.15, 0.2) is 0 Å². The molecular formula is C32H42F6NO2. The molecule has 0 spiro atoms. The highest BCUT2D eigenvalue weighted by molar-refractivity contribution is 5.67. The fraction of sp³-hybridized carbons (Fsp3) is 0.562. The average molecular weight is 587 g/mol. The third kappa shape index (κ3) is 8.41. The van der Waals surface area contributed by atoms with Gasteiger partial charge in [-0.15, -0.1) is 0 Å². The quantitative estimate of drug-likeness (QED) is 0.258. The normalized spacial score (nSPS) is 15.2. The number of nitrogens with one attached hydrogen (secondary N) is 1. The number of rotatable bonds is 11. The van der Waals surface area contributed by atoms with E-state index in [0.29, 0.717) is 35.4 Å². The van der Waals surface area contributed by atoms with E-state index in [-0.39, 0.29) is 23.8 Å². The van der Waals surface area contributed by atoms with E-state index in [9.17, 15) is 36.2 Å². The first-order valence-corrected chi connectivity index (χ1v) is 13.9. The fourth-order valence-corrected chi connectivity index (χ4v) is 5.88. The standard InChI is InChI=1S/C32H42F6NO2/c1-9-21(6)11-23-12-24(16-26(15-23)31(33,34)35)18-29(7,8)30(20(4)5,39-28(40)41)25-13-22(10-19(2)3)14-27(17-25)32(36,37)38/h12-17,19,21,39H,9-11,18H2,1-8H3,(H,40,41). The van der Waals surface area contributed by atoms with Crippen LogP contribution in [-0.2, 0) is 37.2 Å². The van der Waals surface area contributed by atoms with Gasteiger partial charge in [0.1, 0.15) is 0 Å². The predicted molar refractivity (Wildman–Crippen MR) is 150 cm³/mol. The molecule has 2 aromatic rings. The molecule has 1 amide bonds. The minimum Gasteiger partial charge on any atom is -0.465 e. The van der Waals surface area contributed by atoms with Crippen LogP contribution in [0.15, 0.2) is 36.4 Å². The van der Waals surface area contributed by atoms with Gasteiger partial charge in [-0.05, 0) is 83.0 Å². The van der Waals surface area contributed by atoms with Crippen molar-refractivity contribution in [3.8, 4) is 0 Å². The van der Waals surface area contributed by atoms with E-state index >= 15 is 0 Å². The Bertz CT molecular complexity index is 1200. The largest absolute Gasteiger partial charge is 0.465 e. The minimum absolute atomic E-state index is 0.0296. The second-order valence-corrected chi connectivity index (χ2v) is 12.5. The van der Waals surface area contributed by atoms with Gasteiger partial charge in [0.2, 0.25) is 0 Å². The van der Waals surface area contributed by atoms with Gasteiger partial charge < -0.3 is 10.4 Å². The molecule has 2 atom stereocenters. The van der Waals surface area contributed by atoms with Crippen LogP contribution >= 0.6 is 0 Å². The molecule has 2 rings (SSSR count). The Kier molecular flexibility index (Phi) is 10.6. The van der Waals surface area contributed by atoms with Crippen molar-refractivity contribution >= 4 is 6.09 Å². The van der Waals surface area contributed by atoms with E-state index in [0.717, 1.165) is 30.7 Å². The zero-order valence-electron chi connectivity index (χ0n) is 25.1. The third-order valence-corrected chi connectivity index (χ3v) is 7.76. The first-order valence-electron chi connectivity index (χ1n) is 13.9. The summed E-state index contributed by atoms with van der Waals surface area (Å²) in [5.74, 6) is 0.635. The number of hydrogen-bond donors (Lipinski definition) is 2. The summed E-state index contributed by atoms with van der Waals surface area (Å²) in [6.45, 7) is 14.2. The summed E-state index contributed by atoms with van der Waals surface area (Å²) in [5.41, 5.74) is -3.23. The molecule has 0 aliphatic carbocycles. The van der Waals surface area contributed by atoms with Crippen molar-refractivity contribution in [1.82, 2.24) is 5.32 Å². The Morgan fingerprint density at radius 2 is 1.24 bits per heavy atom. The first-order chi connectivity index (χ1) is 18.6. The molecule has 41 heavy (non-hydrogen) atoms. The Morgan fingerprint density at radius 1 is 0.780 bits per heavy atom. The van der Waals surface area contributed by atoms with Gasteiger partial charge in [-0.2, -0.15) is 26.3 Å². The zero-order chi connectivity index (χ0) is 31.6. The van der Waals surface area contributed by atoms with E-state index in [1.54, 1.807) is 39.8 Å². The number of alkyl halides is 6. The number of carboxylic acid groups (broad SMARTS) is 1. The Morgan fingerprint density at radius 3 is 1.68 bits per heavy atom. The summed E-state index contributed by atoms with van der Waals surface area (Å²) in [6, 6.07) is 7.48. The highest BCUT2D eigenvalue weighted by Crippen LogP contribution is 2.50. The van der Waals surface area contributed by atoms with Gasteiger partial charge >= 0.3 is 18.4 Å². The molecule has 0 bridgehead atoms. The average Bonchev–Trinajstić information content (AvgIpc) is 2.79. The molecular weight excluding hydrogens is 544 g/mol. The molecule has 0 aromatic heterocycles. The minimum atomic E-state index is -4.69. The lowest BCUT2D eigenvalue weighted by Gasteiger charge is -2.50. The number of carbonyl (C=O) groups is 1. The topological polar surface area (TPSA) is 49.3 Å². The molecule has 0 saturated carbocycles. The van der Waals surface area contributed by atoms with Crippen LogP contribution in [0, 0.1) is 23.2 Å². The van der Waals surface area contributed by atoms with Crippen molar-refractivity contribution in [2.24, 2.45) is 17.3 Å². The van der Waals surface area contributed by atoms with Gasteiger partial charge in [0.25, 0.3) is 0 Å². The van der Waals surface area contributed by atoms with E-state index in [2.05, 4.69) is 5.32 Å². The SMILES string of the molecule is CCC(C)Cc1cc(CC(C)(C)C(NC(=O)O)([C](C)C)c2cc(CC(C)C)cc(C(F)(F)F)c2)cc(C(F)(F)F)c1. The lowest BCUT2D eigenvalue weighted by atomic mass is 9.60. The Hall–Kier alpha value is -2.71. The molecule has 0 saturated heterocycles. The molecule has 229 valence electrons. The molecule has 0 fully saturated rings. The van der Waals surface area contributed by atoms with Crippen LogP contribution in [-0.4, -0.2) is 11.2 Å². The molecule has 2 N–H and O–H groups in total. The smallest absolute Gasteiger partial charge is 0.416 e. The van der Waals surface area contributed by atoms with Crippen LogP contribution in [0.1, 0.15) is 95.2 Å². The molecule has 0 aliphatic rings. The van der Waals surface area contributed by atoms with Crippen molar-refractivity contribution in [1.29, 1.82) is 0 Å². The maximum absolute atomic E-state index is 14.1. The van der Waals surface area contributed by atoms with Crippen LogP contribution in [0.25, 0.3) is 0 Å². The van der Waals surface area contributed by atoms with Crippen molar-refractivity contribution in [3.05, 3.63) is 75.7 Å². The van der Waals surface area contributed by atoms with E-state index < -0.39 is 40.5 Å². The van der Waals surface area contributed by atoms with Crippen LogP contribution in [0.4, 0.5) is 31.1 Å². The monoisotopic (exact) mass is 586 g/mol. The molecule has 9 heteroatoms. The van der Waals surface area contributed by atoms with Crippen LogP contribution < -0.4 is 5.32 Å². The number of benzene rings is 2. The Labute approximate surface area is 239 Å². The molecule has 0 aliphatic heterocycles. The van der Waals surface area contributed by atoms with E-state index in [1.165, 1.54) is 0 Å². The third-order valence-electron chi connectivity index (χ3n) is 7.76. The van der Waals surface area contributed by atoms with Gasteiger partial charge in [-0.1, -0.05) is 73.9 Å². The van der Waals surface area contributed by atoms with Crippen molar-refractivity contribution < 1.29 is 36.2 Å². The number of amides is 1. The maximum Gasteiger partial charge on any atom is 0.416 e. The number of hydrogen-bond acceptors (Lipinski definition) is 1. The second-order valence-electron chi connectivity index (χ2n) is 12.5. The first kappa shape index (κ1) is 34.5. The molecule has 0 heterocycles.